The van der Waals surface area contributed by atoms with Crippen LogP contribution in [0.2, 0.25) is 0 Å². The van der Waals surface area contributed by atoms with E-state index in [0.717, 1.165) is 44.0 Å². The smallest absolute Gasteiger partial charge is 0.311 e. The number of nitrogens with one attached hydrogen (secondary N) is 1. The first kappa shape index (κ1) is 16.2. The number of rotatable bonds is 4. The quantitative estimate of drug-likeness (QED) is 0.443. The van der Waals surface area contributed by atoms with Gasteiger partial charge in [0, 0.05) is 23.6 Å². The molecule has 3 N–H and O–H groups in total. The van der Waals surface area contributed by atoms with E-state index in [1.54, 1.807) is 0 Å². The highest BCUT2D eigenvalue weighted by atomic mass is 16.6. The molecule has 8 nitrogen and oxygen atoms in total. The molecule has 0 heterocycles. The minimum atomic E-state index is -0.763. The number of nitro groups is 1. The van der Waals surface area contributed by atoms with Crippen LogP contribution in [-0.2, 0) is 4.79 Å². The number of amides is 1. The van der Waals surface area contributed by atoms with Gasteiger partial charge in [-0.2, -0.15) is 5.10 Å². The molecule has 128 valence electrons. The van der Waals surface area contributed by atoms with E-state index in [-0.39, 0.29) is 28.6 Å². The van der Waals surface area contributed by atoms with Crippen molar-refractivity contribution in [3.63, 3.8) is 0 Å². The van der Waals surface area contributed by atoms with Gasteiger partial charge in [0.2, 0.25) is 5.91 Å². The maximum Gasteiger partial charge on any atom is 0.311 e. The summed E-state index contributed by atoms with van der Waals surface area (Å²) < 4.78 is 0. The van der Waals surface area contributed by atoms with Gasteiger partial charge in [0.15, 0.2) is 5.75 Å². The molecule has 3 atom stereocenters. The third kappa shape index (κ3) is 2.68. The first-order valence-electron chi connectivity index (χ1n) is 7.88. The molecular formula is C16H19N3O5. The maximum atomic E-state index is 12.2. The Bertz CT molecular complexity index is 733. The number of hydrogen-bond donors (Lipinski definition) is 3. The highest BCUT2D eigenvalue weighted by Gasteiger charge is 2.64. The molecule has 2 fully saturated rings. The number of phenols is 2. The Morgan fingerprint density at radius 3 is 2.79 bits per heavy atom. The molecule has 0 aliphatic heterocycles. The number of nitrogens with zero attached hydrogens (tertiary/aromatic N) is 2. The van der Waals surface area contributed by atoms with E-state index < -0.39 is 16.4 Å². The Morgan fingerprint density at radius 1 is 1.42 bits per heavy atom. The second-order valence-corrected chi connectivity index (χ2v) is 6.73. The van der Waals surface area contributed by atoms with E-state index in [1.165, 1.54) is 0 Å². The van der Waals surface area contributed by atoms with Crippen molar-refractivity contribution < 1.29 is 19.9 Å². The van der Waals surface area contributed by atoms with Gasteiger partial charge in [0.1, 0.15) is 5.75 Å². The third-order valence-corrected chi connectivity index (χ3v) is 5.31. The molecule has 8 heteroatoms. The number of aromatic hydroxyl groups is 2. The van der Waals surface area contributed by atoms with Gasteiger partial charge in [-0.25, -0.2) is 5.43 Å². The number of hydrogen-bond acceptors (Lipinski definition) is 6. The van der Waals surface area contributed by atoms with E-state index in [0.29, 0.717) is 5.92 Å². The Kier molecular flexibility index (Phi) is 3.90. The van der Waals surface area contributed by atoms with Crippen molar-refractivity contribution in [1.29, 1.82) is 0 Å². The number of hydrazone groups is 1. The number of phenolic OH excluding ortho intramolecular Hbond substituents is 2. The zero-order valence-electron chi connectivity index (χ0n) is 13.2. The fourth-order valence-electron chi connectivity index (χ4n) is 3.92. The molecule has 0 saturated heterocycles. The lowest BCUT2D eigenvalue weighted by Crippen LogP contribution is -2.22. The predicted molar refractivity (Wildman–Crippen MR) is 85.7 cm³/mol. The Morgan fingerprint density at radius 2 is 2.17 bits per heavy atom. The molecule has 24 heavy (non-hydrogen) atoms. The minimum absolute atomic E-state index is 0.0409. The standard InChI is InChI=1S/C16H19N3O5/c1-16-5-3-2-4-10(16)14(16)15(22)18-17-8-9-6-11(19(23)24)13(21)7-12(9)20/h6-8,10,14,20-21H,2-5H2,1H3,(H,18,22)/b17-8-/t10-,14-,16+/m1/s1. The molecule has 3 rings (SSSR count). The maximum absolute atomic E-state index is 12.2. The van der Waals surface area contributed by atoms with Gasteiger partial charge in [0.25, 0.3) is 0 Å². The second kappa shape index (κ2) is 5.77. The second-order valence-electron chi connectivity index (χ2n) is 6.73. The number of nitro benzene ring substituents is 1. The molecule has 0 aromatic heterocycles. The Labute approximate surface area is 138 Å². The van der Waals surface area contributed by atoms with Crippen LogP contribution in [0.15, 0.2) is 17.2 Å². The van der Waals surface area contributed by atoms with E-state index in [4.69, 9.17) is 0 Å². The van der Waals surface area contributed by atoms with Crippen molar-refractivity contribution in [2.75, 3.05) is 0 Å². The van der Waals surface area contributed by atoms with Gasteiger partial charge < -0.3 is 10.2 Å². The van der Waals surface area contributed by atoms with Gasteiger partial charge in [-0.05, 0) is 24.2 Å². The third-order valence-electron chi connectivity index (χ3n) is 5.31. The van der Waals surface area contributed by atoms with E-state index in [2.05, 4.69) is 17.5 Å². The molecular weight excluding hydrogens is 314 g/mol. The van der Waals surface area contributed by atoms with Gasteiger partial charge in [-0.3, -0.25) is 14.9 Å². The molecule has 1 amide bonds. The number of benzene rings is 1. The zero-order chi connectivity index (χ0) is 17.5. The van der Waals surface area contributed by atoms with Crippen molar-refractivity contribution in [3.8, 4) is 11.5 Å². The van der Waals surface area contributed by atoms with Crippen LogP contribution >= 0.6 is 0 Å². The Balaban J connectivity index is 1.68. The summed E-state index contributed by atoms with van der Waals surface area (Å²) in [6.07, 6.45) is 5.53. The van der Waals surface area contributed by atoms with Crippen LogP contribution in [0.4, 0.5) is 5.69 Å². The Hall–Kier alpha value is -2.64. The molecule has 2 saturated carbocycles. The first-order valence-corrected chi connectivity index (χ1v) is 7.88. The van der Waals surface area contributed by atoms with Crippen LogP contribution in [0.3, 0.4) is 0 Å². The summed E-state index contributed by atoms with van der Waals surface area (Å²) in [5.74, 6) is -0.783. The van der Waals surface area contributed by atoms with Crippen molar-refractivity contribution in [2.45, 2.75) is 32.6 Å². The van der Waals surface area contributed by atoms with Crippen molar-refractivity contribution in [2.24, 2.45) is 22.4 Å². The monoisotopic (exact) mass is 333 g/mol. The lowest BCUT2D eigenvalue weighted by atomic mass is 9.90. The largest absolute Gasteiger partial charge is 0.507 e. The van der Waals surface area contributed by atoms with Crippen molar-refractivity contribution in [3.05, 3.63) is 27.8 Å². The van der Waals surface area contributed by atoms with Gasteiger partial charge >= 0.3 is 5.69 Å². The molecule has 1 aromatic carbocycles. The van der Waals surface area contributed by atoms with Crippen LogP contribution in [-0.4, -0.2) is 27.3 Å². The first-order chi connectivity index (χ1) is 11.3. The van der Waals surface area contributed by atoms with Crippen LogP contribution < -0.4 is 5.43 Å². The van der Waals surface area contributed by atoms with Gasteiger partial charge in [-0.15, -0.1) is 0 Å². The minimum Gasteiger partial charge on any atom is -0.507 e. The highest BCUT2D eigenvalue weighted by Crippen LogP contribution is 2.66. The SMILES string of the molecule is C[C@]12CCCC[C@@H]1[C@@H]2C(=O)N/N=C\c1cc([N+](=O)[O-])c(O)cc1O. The van der Waals surface area contributed by atoms with Gasteiger partial charge in [0.05, 0.1) is 11.1 Å². The summed E-state index contributed by atoms with van der Waals surface area (Å²) in [7, 11) is 0. The van der Waals surface area contributed by atoms with Crippen LogP contribution in [0.5, 0.6) is 11.5 Å². The van der Waals surface area contributed by atoms with Crippen molar-refractivity contribution >= 4 is 17.8 Å². The fourth-order valence-corrected chi connectivity index (χ4v) is 3.92. The summed E-state index contributed by atoms with van der Waals surface area (Å²) in [4.78, 5) is 22.3. The van der Waals surface area contributed by atoms with Crippen molar-refractivity contribution in [1.82, 2.24) is 5.43 Å². The lowest BCUT2D eigenvalue weighted by molar-refractivity contribution is -0.385. The fraction of sp³-hybridized carbons (Fsp3) is 0.500. The lowest BCUT2D eigenvalue weighted by Gasteiger charge is -2.15. The molecule has 2 aliphatic rings. The topological polar surface area (TPSA) is 125 Å². The van der Waals surface area contributed by atoms with E-state index in [1.807, 2.05) is 0 Å². The predicted octanol–water partition coefficient (Wildman–Crippen LogP) is 2.28. The number of fused-ring (bicyclic) bond motifs is 1. The summed E-state index contributed by atoms with van der Waals surface area (Å²) in [5, 5.41) is 33.7. The molecule has 2 aliphatic carbocycles. The molecule has 0 unspecified atom stereocenters. The number of carbonyl (C=O) groups excluding carboxylic acids is 1. The summed E-state index contributed by atoms with van der Waals surface area (Å²) in [6, 6.07) is 1.87. The summed E-state index contributed by atoms with van der Waals surface area (Å²) >= 11 is 0. The van der Waals surface area contributed by atoms with Crippen LogP contribution in [0, 0.1) is 27.4 Å². The number of carbonyl (C=O) groups is 1. The normalized spacial score (nSPS) is 28.4. The van der Waals surface area contributed by atoms with E-state index >= 15 is 0 Å². The van der Waals surface area contributed by atoms with E-state index in [9.17, 15) is 25.1 Å². The summed E-state index contributed by atoms with van der Waals surface area (Å²) in [5.41, 5.74) is 2.02. The summed E-state index contributed by atoms with van der Waals surface area (Å²) in [6.45, 7) is 2.12. The van der Waals surface area contributed by atoms with Gasteiger partial charge in [-0.1, -0.05) is 19.8 Å². The van der Waals surface area contributed by atoms with Crippen LogP contribution in [0.1, 0.15) is 38.2 Å². The molecule has 0 spiro atoms. The average molecular weight is 333 g/mol. The molecule has 0 radical (unpaired) electrons. The molecule has 1 aromatic rings. The molecule has 0 bridgehead atoms. The zero-order valence-corrected chi connectivity index (χ0v) is 13.2. The highest BCUT2D eigenvalue weighted by molar-refractivity contribution is 5.88. The average Bonchev–Trinajstić information content (AvgIpc) is 3.14. The van der Waals surface area contributed by atoms with Crippen LogP contribution in [0.25, 0.3) is 0 Å².